The van der Waals surface area contributed by atoms with Crippen molar-refractivity contribution >= 4 is 10.9 Å². The largest absolute Gasteiger partial charge is 0.313 e. The lowest BCUT2D eigenvalue weighted by molar-refractivity contribution is 0.333. The van der Waals surface area contributed by atoms with Crippen LogP contribution in [0.2, 0.25) is 0 Å². The van der Waals surface area contributed by atoms with Gasteiger partial charge in [0.2, 0.25) is 0 Å². The van der Waals surface area contributed by atoms with Crippen molar-refractivity contribution in [1.82, 2.24) is 9.47 Å². The lowest BCUT2D eigenvalue weighted by atomic mass is 10.1. The Morgan fingerprint density at radius 2 is 1.86 bits per heavy atom. The van der Waals surface area contributed by atoms with Crippen LogP contribution < -0.4 is 0 Å². The fourth-order valence-electron chi connectivity index (χ4n) is 3.56. The molecule has 0 aliphatic carbocycles. The summed E-state index contributed by atoms with van der Waals surface area (Å²) in [6.07, 6.45) is 2.17. The van der Waals surface area contributed by atoms with Gasteiger partial charge in [-0.2, -0.15) is 0 Å². The lowest BCUT2D eigenvalue weighted by Gasteiger charge is -2.12. The second-order valence-electron chi connectivity index (χ2n) is 6.10. The molecule has 0 N–H and O–H groups in total. The van der Waals surface area contributed by atoms with Gasteiger partial charge in [0.1, 0.15) is 5.82 Å². The van der Waals surface area contributed by atoms with Crippen molar-refractivity contribution in [2.24, 2.45) is 0 Å². The van der Waals surface area contributed by atoms with E-state index in [-0.39, 0.29) is 5.82 Å². The van der Waals surface area contributed by atoms with Gasteiger partial charge in [0, 0.05) is 23.3 Å². The topological polar surface area (TPSA) is 8.17 Å². The predicted octanol–water partition coefficient (Wildman–Crippen LogP) is 4.15. The van der Waals surface area contributed by atoms with Crippen molar-refractivity contribution in [3.8, 4) is 5.69 Å². The highest BCUT2D eigenvalue weighted by Crippen LogP contribution is 2.33. The number of benzene rings is 2. The minimum absolute atomic E-state index is 0.160. The number of nitrogens with zero attached hydrogens (tertiary/aromatic N) is 2. The van der Waals surface area contributed by atoms with E-state index in [1.807, 2.05) is 12.1 Å². The summed E-state index contributed by atoms with van der Waals surface area (Å²) >= 11 is 0. The Labute approximate surface area is 129 Å². The Kier molecular flexibility index (Phi) is 3.23. The second-order valence-corrected chi connectivity index (χ2v) is 6.10. The Bertz CT molecular complexity index is 820. The first kappa shape index (κ1) is 13.5. The average Bonchev–Trinajstić information content (AvgIpc) is 2.68. The molecule has 2 aromatic carbocycles. The Morgan fingerprint density at radius 1 is 1.05 bits per heavy atom. The molecular formula is C19H19FN2. The standard InChI is InChI=1S/C19H19FN2/c1-21-11-5-8-18-17(13-21)16-12-14(20)9-10-19(16)22(18)15-6-3-2-4-7-15/h2-4,6-7,9-10,12H,5,8,11,13H2,1H3. The van der Waals surface area contributed by atoms with Crippen molar-refractivity contribution in [2.45, 2.75) is 19.4 Å². The maximum absolute atomic E-state index is 13.8. The van der Waals surface area contributed by atoms with Crippen LogP contribution in [0, 0.1) is 5.82 Å². The van der Waals surface area contributed by atoms with Gasteiger partial charge in [0.25, 0.3) is 0 Å². The predicted molar refractivity (Wildman–Crippen MR) is 87.9 cm³/mol. The number of hydrogen-bond acceptors (Lipinski definition) is 1. The third-order valence-electron chi connectivity index (χ3n) is 4.54. The van der Waals surface area contributed by atoms with E-state index in [0.717, 1.165) is 42.5 Å². The van der Waals surface area contributed by atoms with Crippen molar-refractivity contribution in [2.75, 3.05) is 13.6 Å². The third-order valence-corrected chi connectivity index (χ3v) is 4.54. The van der Waals surface area contributed by atoms with E-state index >= 15 is 0 Å². The fraction of sp³-hybridized carbons (Fsp3) is 0.263. The highest BCUT2D eigenvalue weighted by atomic mass is 19.1. The summed E-state index contributed by atoms with van der Waals surface area (Å²) < 4.78 is 16.1. The van der Waals surface area contributed by atoms with Gasteiger partial charge < -0.3 is 9.47 Å². The maximum atomic E-state index is 13.8. The number of rotatable bonds is 1. The quantitative estimate of drug-likeness (QED) is 0.654. The molecule has 0 saturated carbocycles. The first-order chi connectivity index (χ1) is 10.7. The molecule has 22 heavy (non-hydrogen) atoms. The highest BCUT2D eigenvalue weighted by Gasteiger charge is 2.21. The van der Waals surface area contributed by atoms with Crippen LogP contribution in [0.4, 0.5) is 4.39 Å². The van der Waals surface area contributed by atoms with Crippen LogP contribution in [0.1, 0.15) is 17.7 Å². The molecule has 3 heteroatoms. The molecule has 0 fully saturated rings. The van der Waals surface area contributed by atoms with Crippen LogP contribution in [-0.4, -0.2) is 23.1 Å². The summed E-state index contributed by atoms with van der Waals surface area (Å²) in [5.74, 6) is -0.160. The van der Waals surface area contributed by atoms with Crippen LogP contribution in [0.3, 0.4) is 0 Å². The molecule has 0 amide bonds. The van der Waals surface area contributed by atoms with Crippen LogP contribution >= 0.6 is 0 Å². The molecule has 0 atom stereocenters. The minimum atomic E-state index is -0.160. The highest BCUT2D eigenvalue weighted by molar-refractivity contribution is 5.87. The number of hydrogen-bond donors (Lipinski definition) is 0. The molecule has 0 unspecified atom stereocenters. The molecule has 3 aromatic rings. The van der Waals surface area contributed by atoms with Gasteiger partial charge in [-0.3, -0.25) is 0 Å². The number of fused-ring (bicyclic) bond motifs is 3. The summed E-state index contributed by atoms with van der Waals surface area (Å²) in [6.45, 7) is 1.97. The average molecular weight is 294 g/mol. The van der Waals surface area contributed by atoms with Crippen molar-refractivity contribution in [3.63, 3.8) is 0 Å². The zero-order chi connectivity index (χ0) is 15.1. The molecule has 2 nitrogen and oxygen atoms in total. The second kappa shape index (κ2) is 5.25. The Morgan fingerprint density at radius 3 is 2.68 bits per heavy atom. The normalized spacial score (nSPS) is 15.7. The molecule has 0 bridgehead atoms. The van der Waals surface area contributed by atoms with Crippen LogP contribution in [-0.2, 0) is 13.0 Å². The van der Waals surface area contributed by atoms with E-state index in [2.05, 4.69) is 40.8 Å². The van der Waals surface area contributed by atoms with Gasteiger partial charge >= 0.3 is 0 Å². The first-order valence-corrected chi connectivity index (χ1v) is 7.80. The zero-order valence-corrected chi connectivity index (χ0v) is 12.7. The van der Waals surface area contributed by atoms with Crippen LogP contribution in [0.25, 0.3) is 16.6 Å². The molecule has 1 aliphatic heterocycles. The summed E-state index contributed by atoms with van der Waals surface area (Å²) in [7, 11) is 2.14. The minimum Gasteiger partial charge on any atom is -0.313 e. The van der Waals surface area contributed by atoms with E-state index in [1.54, 1.807) is 12.1 Å². The lowest BCUT2D eigenvalue weighted by Crippen LogP contribution is -2.17. The first-order valence-electron chi connectivity index (χ1n) is 7.80. The van der Waals surface area contributed by atoms with Crippen LogP contribution in [0.5, 0.6) is 0 Å². The molecular weight excluding hydrogens is 275 g/mol. The zero-order valence-electron chi connectivity index (χ0n) is 12.7. The SMILES string of the molecule is CN1CCCc2c(c3cc(F)ccc3n2-c2ccccc2)C1. The summed E-state index contributed by atoms with van der Waals surface area (Å²) in [4.78, 5) is 2.32. The van der Waals surface area contributed by atoms with Crippen molar-refractivity contribution in [1.29, 1.82) is 0 Å². The van der Waals surface area contributed by atoms with Crippen molar-refractivity contribution < 1.29 is 4.39 Å². The summed E-state index contributed by atoms with van der Waals surface area (Å²) in [5, 5.41) is 1.05. The summed E-state index contributed by atoms with van der Waals surface area (Å²) in [6, 6.07) is 15.5. The van der Waals surface area contributed by atoms with Crippen molar-refractivity contribution in [3.05, 3.63) is 65.6 Å². The molecule has 4 rings (SSSR count). The molecule has 1 aliphatic rings. The van der Waals surface area contributed by atoms with Gasteiger partial charge in [-0.25, -0.2) is 4.39 Å². The van der Waals surface area contributed by atoms with Gasteiger partial charge in [-0.15, -0.1) is 0 Å². The van der Waals surface area contributed by atoms with Gasteiger partial charge in [0.15, 0.2) is 0 Å². The third kappa shape index (κ3) is 2.13. The van der Waals surface area contributed by atoms with E-state index in [0.29, 0.717) is 0 Å². The smallest absolute Gasteiger partial charge is 0.123 e. The Hall–Kier alpha value is -2.13. The van der Waals surface area contributed by atoms with Gasteiger partial charge in [-0.05, 0) is 62.3 Å². The van der Waals surface area contributed by atoms with Crippen LogP contribution in [0.15, 0.2) is 48.5 Å². The van der Waals surface area contributed by atoms with Gasteiger partial charge in [0.05, 0.1) is 5.52 Å². The Balaban J connectivity index is 2.05. The van der Waals surface area contributed by atoms with E-state index in [9.17, 15) is 4.39 Å². The molecule has 112 valence electrons. The van der Waals surface area contributed by atoms with Gasteiger partial charge in [-0.1, -0.05) is 18.2 Å². The molecule has 0 spiro atoms. The molecule has 1 aromatic heterocycles. The molecule has 0 radical (unpaired) electrons. The summed E-state index contributed by atoms with van der Waals surface area (Å²) in [5.41, 5.74) is 4.87. The number of aromatic nitrogens is 1. The number of para-hydroxylation sites is 1. The fourth-order valence-corrected chi connectivity index (χ4v) is 3.56. The molecule has 2 heterocycles. The maximum Gasteiger partial charge on any atom is 0.123 e. The van der Waals surface area contributed by atoms with E-state index < -0.39 is 0 Å². The number of halogens is 1. The van der Waals surface area contributed by atoms with E-state index in [4.69, 9.17) is 0 Å². The monoisotopic (exact) mass is 294 g/mol. The van der Waals surface area contributed by atoms with E-state index in [1.165, 1.54) is 11.3 Å². The molecule has 0 saturated heterocycles.